The molecule has 3 aliphatic rings. The van der Waals surface area contributed by atoms with Crippen molar-refractivity contribution in [3.63, 3.8) is 0 Å². The number of allylic oxidation sites excluding steroid dienone is 1. The van der Waals surface area contributed by atoms with Crippen molar-refractivity contribution < 1.29 is 23.8 Å². The van der Waals surface area contributed by atoms with E-state index in [1.165, 1.54) is 29.5 Å². The molecule has 2 fully saturated rings. The van der Waals surface area contributed by atoms with Gasteiger partial charge in [0.15, 0.2) is 16.6 Å². The average molecular weight is 478 g/mol. The Hall–Kier alpha value is -2.33. The number of thiazole rings is 1. The number of nitrogens with zero attached hydrogens (tertiary/aromatic N) is 2. The van der Waals surface area contributed by atoms with E-state index < -0.39 is 23.6 Å². The predicted molar refractivity (Wildman–Crippen MR) is 117 cm³/mol. The molecule has 10 heteroatoms. The standard InChI is InChI=1S/C22H21ClFN3O4S/c23-15-10-13(24)3-4-14(15)18-16(21(28)29)17(26-19(27-18)20-25-6-9-32-20)12-2-1-5-22(11-12)30-7-8-31-22/h3-4,6,9-10,12,18H,1-2,5,7-8,11H2,(H,26,27)(H,28,29). The second-order valence-electron chi connectivity index (χ2n) is 8.04. The Labute approximate surface area is 192 Å². The van der Waals surface area contributed by atoms with Gasteiger partial charge >= 0.3 is 5.97 Å². The number of benzene rings is 1. The fourth-order valence-electron chi connectivity index (χ4n) is 4.72. The van der Waals surface area contributed by atoms with E-state index in [-0.39, 0.29) is 16.5 Å². The highest BCUT2D eigenvalue weighted by atomic mass is 35.5. The van der Waals surface area contributed by atoms with Crippen LogP contribution in [0, 0.1) is 11.7 Å². The van der Waals surface area contributed by atoms with Gasteiger partial charge in [-0.05, 0) is 25.0 Å². The van der Waals surface area contributed by atoms with Gasteiger partial charge in [0.25, 0.3) is 0 Å². The lowest BCUT2D eigenvalue weighted by Gasteiger charge is -2.39. The van der Waals surface area contributed by atoms with Crippen molar-refractivity contribution in [1.29, 1.82) is 0 Å². The van der Waals surface area contributed by atoms with Crippen molar-refractivity contribution in [1.82, 2.24) is 10.3 Å². The summed E-state index contributed by atoms with van der Waals surface area (Å²) in [5.41, 5.74) is 1.08. The molecule has 2 unspecified atom stereocenters. The molecule has 0 radical (unpaired) electrons. The van der Waals surface area contributed by atoms with E-state index in [4.69, 9.17) is 21.1 Å². The van der Waals surface area contributed by atoms with Crippen LogP contribution < -0.4 is 5.32 Å². The van der Waals surface area contributed by atoms with Gasteiger partial charge in [-0.2, -0.15) is 0 Å². The van der Waals surface area contributed by atoms with Crippen LogP contribution in [0.1, 0.15) is 42.3 Å². The van der Waals surface area contributed by atoms with Crippen molar-refractivity contribution in [2.24, 2.45) is 10.9 Å². The van der Waals surface area contributed by atoms with Gasteiger partial charge in [-0.25, -0.2) is 14.2 Å². The van der Waals surface area contributed by atoms with Crippen LogP contribution in [-0.2, 0) is 14.3 Å². The van der Waals surface area contributed by atoms with Crippen LogP contribution in [0.2, 0.25) is 5.02 Å². The van der Waals surface area contributed by atoms with Crippen LogP contribution in [0.5, 0.6) is 0 Å². The minimum atomic E-state index is -1.10. The van der Waals surface area contributed by atoms with Gasteiger partial charge in [-0.1, -0.05) is 17.7 Å². The number of aliphatic carboxylic acids is 1. The van der Waals surface area contributed by atoms with Gasteiger partial charge in [0.1, 0.15) is 11.9 Å². The van der Waals surface area contributed by atoms with Crippen molar-refractivity contribution in [2.75, 3.05) is 13.2 Å². The average Bonchev–Trinajstić information content (AvgIpc) is 3.46. The van der Waals surface area contributed by atoms with Crippen LogP contribution in [0.3, 0.4) is 0 Å². The number of amidine groups is 1. The van der Waals surface area contributed by atoms with Crippen LogP contribution in [-0.4, -0.2) is 40.9 Å². The molecule has 1 aromatic carbocycles. The second-order valence-corrected chi connectivity index (χ2v) is 9.34. The summed E-state index contributed by atoms with van der Waals surface area (Å²) < 4.78 is 25.5. The van der Waals surface area contributed by atoms with E-state index in [1.54, 1.807) is 6.20 Å². The fourth-order valence-corrected chi connectivity index (χ4v) is 5.58. The third-order valence-electron chi connectivity index (χ3n) is 6.09. The molecule has 1 saturated carbocycles. The second kappa shape index (κ2) is 8.55. The number of nitrogens with one attached hydrogen (secondary N) is 1. The van der Waals surface area contributed by atoms with Gasteiger partial charge in [-0.15, -0.1) is 11.3 Å². The summed E-state index contributed by atoms with van der Waals surface area (Å²) in [5.74, 6) is -1.95. The number of carboxylic acid groups (broad SMARTS) is 1. The minimum Gasteiger partial charge on any atom is -0.478 e. The van der Waals surface area contributed by atoms with Crippen molar-refractivity contribution in [2.45, 2.75) is 37.5 Å². The molecule has 1 spiro atoms. The number of hydrogen-bond donors (Lipinski definition) is 2. The first kappa shape index (κ1) is 21.5. The summed E-state index contributed by atoms with van der Waals surface area (Å²) in [6.07, 6.45) is 4.61. The molecule has 3 heterocycles. The molecule has 168 valence electrons. The number of aliphatic imine (C=N–C) groups is 1. The van der Waals surface area contributed by atoms with Gasteiger partial charge in [0.05, 0.1) is 18.8 Å². The van der Waals surface area contributed by atoms with Crippen molar-refractivity contribution >= 4 is 34.7 Å². The highest BCUT2D eigenvalue weighted by molar-refractivity contribution is 7.11. The minimum absolute atomic E-state index is 0.0962. The quantitative estimate of drug-likeness (QED) is 0.682. The zero-order valence-electron chi connectivity index (χ0n) is 17.0. The first-order valence-corrected chi connectivity index (χ1v) is 11.7. The van der Waals surface area contributed by atoms with Crippen LogP contribution in [0.15, 0.2) is 46.0 Å². The monoisotopic (exact) mass is 477 g/mol. The molecule has 2 aromatic rings. The number of halogens is 2. The van der Waals surface area contributed by atoms with E-state index in [0.717, 1.165) is 19.3 Å². The number of rotatable bonds is 4. The number of ether oxygens (including phenoxy) is 2. The first-order chi connectivity index (χ1) is 15.5. The molecular weight excluding hydrogens is 457 g/mol. The Kier molecular flexibility index (Phi) is 5.75. The molecule has 7 nitrogen and oxygen atoms in total. The van der Waals surface area contributed by atoms with Crippen molar-refractivity contribution in [3.05, 3.63) is 62.5 Å². The molecule has 1 saturated heterocycles. The predicted octanol–water partition coefficient (Wildman–Crippen LogP) is 4.30. The highest BCUT2D eigenvalue weighted by Crippen LogP contribution is 2.45. The maximum absolute atomic E-state index is 13.7. The highest BCUT2D eigenvalue weighted by Gasteiger charge is 2.45. The summed E-state index contributed by atoms with van der Waals surface area (Å²) in [7, 11) is 0. The Bertz CT molecular complexity index is 1100. The normalized spacial score (nSPS) is 25.0. The molecule has 1 aromatic heterocycles. The molecule has 0 bridgehead atoms. The number of hydrogen-bond acceptors (Lipinski definition) is 7. The first-order valence-electron chi connectivity index (χ1n) is 10.4. The Morgan fingerprint density at radius 1 is 1.34 bits per heavy atom. The number of aromatic nitrogens is 1. The van der Waals surface area contributed by atoms with Gasteiger partial charge < -0.3 is 19.9 Å². The summed E-state index contributed by atoms with van der Waals surface area (Å²) in [6, 6.07) is 3.02. The van der Waals surface area contributed by atoms with E-state index in [1.807, 2.05) is 5.38 Å². The van der Waals surface area contributed by atoms with Crippen molar-refractivity contribution in [3.8, 4) is 0 Å². The van der Waals surface area contributed by atoms with Crippen LogP contribution in [0.25, 0.3) is 0 Å². The summed E-state index contributed by atoms with van der Waals surface area (Å²) in [4.78, 5) is 21.5. The maximum atomic E-state index is 13.7. The molecular formula is C22H21ClFN3O4S. The zero-order valence-corrected chi connectivity index (χ0v) is 18.6. The lowest BCUT2D eigenvalue weighted by molar-refractivity contribution is -0.184. The molecule has 0 amide bonds. The Balaban J connectivity index is 1.62. The molecule has 1 aliphatic carbocycles. The van der Waals surface area contributed by atoms with E-state index >= 15 is 0 Å². The van der Waals surface area contributed by atoms with Crippen LogP contribution in [0.4, 0.5) is 4.39 Å². The van der Waals surface area contributed by atoms with Gasteiger partial charge in [0, 0.05) is 46.6 Å². The van der Waals surface area contributed by atoms with E-state index in [0.29, 0.717) is 41.7 Å². The van der Waals surface area contributed by atoms with Gasteiger partial charge in [-0.3, -0.25) is 4.99 Å². The third kappa shape index (κ3) is 3.94. The summed E-state index contributed by atoms with van der Waals surface area (Å²) in [5, 5.41) is 16.1. The zero-order chi connectivity index (χ0) is 22.3. The van der Waals surface area contributed by atoms with Gasteiger partial charge in [0.2, 0.25) is 0 Å². The number of carboxylic acids is 1. The topological polar surface area (TPSA) is 93.0 Å². The largest absolute Gasteiger partial charge is 0.478 e. The summed E-state index contributed by atoms with van der Waals surface area (Å²) >= 11 is 7.73. The third-order valence-corrected chi connectivity index (χ3v) is 7.19. The molecule has 32 heavy (non-hydrogen) atoms. The summed E-state index contributed by atoms with van der Waals surface area (Å²) in [6.45, 7) is 1.06. The molecule has 2 aliphatic heterocycles. The van der Waals surface area contributed by atoms with E-state index in [9.17, 15) is 14.3 Å². The lowest BCUT2D eigenvalue weighted by Crippen LogP contribution is -2.42. The fraction of sp³-hybridized carbons (Fsp3) is 0.409. The smallest absolute Gasteiger partial charge is 0.335 e. The molecule has 2 atom stereocenters. The van der Waals surface area contributed by atoms with Crippen LogP contribution >= 0.6 is 22.9 Å². The van der Waals surface area contributed by atoms with E-state index in [2.05, 4.69) is 15.3 Å². The Morgan fingerprint density at radius 2 is 2.16 bits per heavy atom. The SMILES string of the molecule is O=C(O)C1=C(C2CCCC3(C2)OCCO3)NC(c2nccs2)=NC1c1ccc(F)cc1Cl. The maximum Gasteiger partial charge on any atom is 0.335 e. The Morgan fingerprint density at radius 3 is 2.84 bits per heavy atom. The molecule has 5 rings (SSSR count). The number of carbonyl (C=O) groups is 1. The molecule has 2 N–H and O–H groups in total. The lowest BCUT2D eigenvalue weighted by atomic mass is 9.79.